The molecule has 0 radical (unpaired) electrons. The number of carbonyl (C=O) groups excluding carboxylic acids is 1. The molecule has 0 aromatic heterocycles. The van der Waals surface area contributed by atoms with Crippen LogP contribution < -0.4 is 5.32 Å². The molecule has 1 atom stereocenters. The van der Waals surface area contributed by atoms with Crippen molar-refractivity contribution >= 4 is 5.78 Å². The second kappa shape index (κ2) is 5.99. The summed E-state index contributed by atoms with van der Waals surface area (Å²) in [7, 11) is 2.06. The van der Waals surface area contributed by atoms with E-state index in [9.17, 15) is 4.79 Å². The predicted octanol–water partition coefficient (Wildman–Crippen LogP) is 3.41. The lowest BCUT2D eigenvalue weighted by Gasteiger charge is -2.35. The lowest BCUT2D eigenvalue weighted by atomic mass is 9.72. The van der Waals surface area contributed by atoms with Gasteiger partial charge in [-0.1, -0.05) is 27.7 Å². The fourth-order valence-electron chi connectivity index (χ4n) is 3.17. The van der Waals surface area contributed by atoms with Gasteiger partial charge in [-0.05, 0) is 45.1 Å². The Morgan fingerprint density at radius 2 is 1.76 bits per heavy atom. The highest BCUT2D eigenvalue weighted by Crippen LogP contribution is 2.35. The van der Waals surface area contributed by atoms with E-state index in [1.54, 1.807) is 0 Å². The van der Waals surface area contributed by atoms with Crippen LogP contribution in [0.5, 0.6) is 0 Å². The van der Waals surface area contributed by atoms with Crippen molar-refractivity contribution in [1.29, 1.82) is 0 Å². The Morgan fingerprint density at radius 1 is 1.24 bits per heavy atom. The van der Waals surface area contributed by atoms with Crippen LogP contribution in [0.2, 0.25) is 0 Å². The van der Waals surface area contributed by atoms with Gasteiger partial charge in [-0.2, -0.15) is 0 Å². The third-order valence-corrected chi connectivity index (χ3v) is 4.26. The summed E-state index contributed by atoms with van der Waals surface area (Å²) in [6.07, 6.45) is 5.81. The van der Waals surface area contributed by atoms with Crippen LogP contribution in [0.25, 0.3) is 0 Å². The van der Waals surface area contributed by atoms with E-state index in [-0.39, 0.29) is 5.41 Å². The molecule has 1 aliphatic carbocycles. The second-order valence-corrected chi connectivity index (χ2v) is 6.53. The molecule has 2 nitrogen and oxygen atoms in total. The quantitative estimate of drug-likeness (QED) is 0.814. The first-order valence-corrected chi connectivity index (χ1v) is 7.11. The van der Waals surface area contributed by atoms with Crippen LogP contribution in [-0.4, -0.2) is 18.9 Å². The molecule has 1 aliphatic rings. The van der Waals surface area contributed by atoms with Crippen LogP contribution in [0.4, 0.5) is 0 Å². The molecule has 2 heteroatoms. The molecular formula is C15H29NO. The Balaban J connectivity index is 2.48. The van der Waals surface area contributed by atoms with Crippen LogP contribution in [0.15, 0.2) is 0 Å². The van der Waals surface area contributed by atoms with Gasteiger partial charge in [0.1, 0.15) is 5.78 Å². The monoisotopic (exact) mass is 239 g/mol. The zero-order valence-corrected chi connectivity index (χ0v) is 12.2. The zero-order chi connectivity index (χ0) is 13.1. The van der Waals surface area contributed by atoms with Crippen molar-refractivity contribution in [3.8, 4) is 0 Å². The molecule has 1 rings (SSSR count). The van der Waals surface area contributed by atoms with Crippen LogP contribution in [0.1, 0.15) is 59.8 Å². The number of hydrogen-bond acceptors (Lipinski definition) is 2. The summed E-state index contributed by atoms with van der Waals surface area (Å²) >= 11 is 0. The third-order valence-electron chi connectivity index (χ3n) is 4.26. The van der Waals surface area contributed by atoms with Gasteiger partial charge in [0, 0.05) is 17.4 Å². The van der Waals surface area contributed by atoms with Gasteiger partial charge in [0.05, 0.1) is 0 Å². The molecule has 0 aliphatic heterocycles. The molecule has 0 bridgehead atoms. The highest BCUT2D eigenvalue weighted by atomic mass is 16.1. The minimum atomic E-state index is -0.162. The molecule has 0 saturated heterocycles. The maximum Gasteiger partial charge on any atom is 0.141 e. The van der Waals surface area contributed by atoms with Crippen molar-refractivity contribution in [3.05, 3.63) is 0 Å². The molecule has 0 amide bonds. The maximum absolute atomic E-state index is 12.2. The summed E-state index contributed by atoms with van der Waals surface area (Å²) in [5.74, 6) is 1.56. The minimum Gasteiger partial charge on any atom is -0.317 e. The van der Waals surface area contributed by atoms with Crippen LogP contribution in [-0.2, 0) is 4.79 Å². The highest BCUT2D eigenvalue weighted by molar-refractivity contribution is 5.85. The Kier molecular flexibility index (Phi) is 5.18. The fourth-order valence-corrected chi connectivity index (χ4v) is 3.17. The van der Waals surface area contributed by atoms with Crippen molar-refractivity contribution in [2.75, 3.05) is 7.05 Å². The molecule has 1 unspecified atom stereocenters. The summed E-state index contributed by atoms with van der Waals surface area (Å²) in [5, 5.41) is 3.41. The molecule has 1 saturated carbocycles. The molecule has 0 aromatic rings. The number of carbonyl (C=O) groups is 1. The van der Waals surface area contributed by atoms with Crippen molar-refractivity contribution in [2.45, 2.75) is 65.8 Å². The molecule has 0 heterocycles. The van der Waals surface area contributed by atoms with E-state index in [4.69, 9.17) is 0 Å². The van der Waals surface area contributed by atoms with Gasteiger partial charge in [0.2, 0.25) is 0 Å². The van der Waals surface area contributed by atoms with E-state index < -0.39 is 0 Å². The van der Waals surface area contributed by atoms with Crippen molar-refractivity contribution in [1.82, 2.24) is 5.32 Å². The molecule has 1 fully saturated rings. The third kappa shape index (κ3) is 3.80. The summed E-state index contributed by atoms with van der Waals surface area (Å²) in [6.45, 7) is 8.38. The van der Waals surface area contributed by atoms with E-state index in [1.165, 1.54) is 19.3 Å². The van der Waals surface area contributed by atoms with E-state index >= 15 is 0 Å². The zero-order valence-electron chi connectivity index (χ0n) is 12.2. The van der Waals surface area contributed by atoms with Gasteiger partial charge in [0.25, 0.3) is 0 Å². The van der Waals surface area contributed by atoms with Gasteiger partial charge in [-0.15, -0.1) is 0 Å². The first-order valence-electron chi connectivity index (χ1n) is 7.11. The van der Waals surface area contributed by atoms with Gasteiger partial charge < -0.3 is 5.32 Å². The standard InChI is InChI=1S/C15H29NO/c1-6-13(16-5)11-7-9-12(10-8-11)14(17)15(2,3)4/h11-13,16H,6-10H2,1-5H3. The molecule has 0 aromatic carbocycles. The van der Waals surface area contributed by atoms with Gasteiger partial charge >= 0.3 is 0 Å². The molecule has 100 valence electrons. The van der Waals surface area contributed by atoms with E-state index in [2.05, 4.69) is 19.3 Å². The second-order valence-electron chi connectivity index (χ2n) is 6.53. The molecule has 0 spiro atoms. The Labute approximate surface area is 107 Å². The fraction of sp³-hybridized carbons (Fsp3) is 0.933. The predicted molar refractivity (Wildman–Crippen MR) is 73.0 cm³/mol. The lowest BCUT2D eigenvalue weighted by molar-refractivity contribution is -0.131. The topological polar surface area (TPSA) is 29.1 Å². The van der Waals surface area contributed by atoms with Crippen molar-refractivity contribution < 1.29 is 4.79 Å². The number of hydrogen-bond donors (Lipinski definition) is 1. The number of ketones is 1. The summed E-state index contributed by atoms with van der Waals surface area (Å²) in [4.78, 5) is 12.2. The SMILES string of the molecule is CCC(NC)C1CCC(C(=O)C(C)(C)C)CC1. The Hall–Kier alpha value is -0.370. The average molecular weight is 239 g/mol. The Bertz CT molecular complexity index is 242. The summed E-state index contributed by atoms with van der Waals surface area (Å²) in [6, 6.07) is 0.640. The number of nitrogens with one attached hydrogen (secondary N) is 1. The minimum absolute atomic E-state index is 0.162. The summed E-state index contributed by atoms with van der Waals surface area (Å²) < 4.78 is 0. The largest absolute Gasteiger partial charge is 0.317 e. The molecule has 17 heavy (non-hydrogen) atoms. The van der Waals surface area contributed by atoms with E-state index in [0.717, 1.165) is 18.8 Å². The van der Waals surface area contributed by atoms with E-state index in [0.29, 0.717) is 17.7 Å². The van der Waals surface area contributed by atoms with Crippen molar-refractivity contribution in [3.63, 3.8) is 0 Å². The molecule has 1 N–H and O–H groups in total. The Morgan fingerprint density at radius 3 is 2.12 bits per heavy atom. The van der Waals surface area contributed by atoms with Gasteiger partial charge in [-0.25, -0.2) is 0 Å². The first kappa shape index (κ1) is 14.7. The van der Waals surface area contributed by atoms with E-state index in [1.807, 2.05) is 20.8 Å². The van der Waals surface area contributed by atoms with Gasteiger partial charge in [0.15, 0.2) is 0 Å². The number of Topliss-reactive ketones (excluding diaryl/α,β-unsaturated/α-hetero) is 1. The smallest absolute Gasteiger partial charge is 0.141 e. The van der Waals surface area contributed by atoms with Gasteiger partial charge in [-0.3, -0.25) is 4.79 Å². The average Bonchev–Trinajstić information content (AvgIpc) is 2.29. The normalized spacial score (nSPS) is 27.8. The van der Waals surface area contributed by atoms with Crippen LogP contribution in [0.3, 0.4) is 0 Å². The van der Waals surface area contributed by atoms with Crippen molar-refractivity contribution in [2.24, 2.45) is 17.3 Å². The molecular weight excluding hydrogens is 210 g/mol. The number of rotatable bonds is 4. The first-order chi connectivity index (χ1) is 7.90. The van der Waals surface area contributed by atoms with Crippen LogP contribution >= 0.6 is 0 Å². The maximum atomic E-state index is 12.2. The van der Waals surface area contributed by atoms with Crippen LogP contribution in [0, 0.1) is 17.3 Å². The lowest BCUT2D eigenvalue weighted by Crippen LogP contribution is -2.38. The highest BCUT2D eigenvalue weighted by Gasteiger charge is 2.34. The summed E-state index contributed by atoms with van der Waals surface area (Å²) in [5.41, 5.74) is -0.162.